The third-order valence-electron chi connectivity index (χ3n) is 2.73. The van der Waals surface area contributed by atoms with Crippen molar-refractivity contribution in [2.24, 2.45) is 5.73 Å². The smallest absolute Gasteiger partial charge is 0.320 e. The minimum atomic E-state index is -2.71. The van der Waals surface area contributed by atoms with Gasteiger partial charge in [-0.2, -0.15) is 0 Å². The van der Waals surface area contributed by atoms with E-state index in [1.807, 2.05) is 19.6 Å². The minimum absolute atomic E-state index is 0.613. The maximum absolute atomic E-state index is 10.2. The summed E-state index contributed by atoms with van der Waals surface area (Å²) in [4.78, 5) is 20.2. The summed E-state index contributed by atoms with van der Waals surface area (Å²) in [6.45, 7) is 15.0. The predicted octanol–water partition coefficient (Wildman–Crippen LogP) is 1.14. The van der Waals surface area contributed by atoms with Gasteiger partial charge in [0.1, 0.15) is 0 Å². The van der Waals surface area contributed by atoms with E-state index in [0.717, 1.165) is 25.6 Å². The second-order valence-electron chi connectivity index (χ2n) is 7.38. The highest BCUT2D eigenvalue weighted by molar-refractivity contribution is 6.87. The number of nitrogens with one attached hydrogen (secondary N) is 1. The molecule has 11 heteroatoms. The topological polar surface area (TPSA) is 106 Å². The summed E-state index contributed by atoms with van der Waals surface area (Å²) in [5.41, 5.74) is 5.46. The van der Waals surface area contributed by atoms with Gasteiger partial charge in [-0.25, -0.2) is 0 Å². The van der Waals surface area contributed by atoms with Gasteiger partial charge in [0, 0.05) is 13.1 Å². The molecule has 0 radical (unpaired) electrons. The number of rotatable bonds is 12. The van der Waals surface area contributed by atoms with Gasteiger partial charge in [-0.3, -0.25) is 0 Å². The zero-order chi connectivity index (χ0) is 18.4. The molecule has 0 aliphatic carbocycles. The van der Waals surface area contributed by atoms with Crippen molar-refractivity contribution < 1.29 is 21.9 Å². The predicted molar refractivity (Wildman–Crippen MR) is 103 cm³/mol. The molecule has 0 aromatic rings. The van der Waals surface area contributed by atoms with Crippen molar-refractivity contribution in [1.29, 1.82) is 0 Å². The van der Waals surface area contributed by atoms with E-state index >= 15 is 0 Å². The van der Waals surface area contributed by atoms with Crippen LogP contribution in [0.1, 0.15) is 6.42 Å². The molecule has 0 aliphatic heterocycles. The Hall–Kier alpha value is 0.588. The Morgan fingerprint density at radius 1 is 0.826 bits per heavy atom. The lowest BCUT2D eigenvalue weighted by atomic mass is 10.5. The van der Waals surface area contributed by atoms with Crippen LogP contribution < -0.4 is 11.1 Å². The molecule has 0 fully saturated rings. The summed E-state index contributed by atoms with van der Waals surface area (Å²) in [7, 11) is -10.5. The molecule has 0 aromatic carbocycles. The lowest BCUT2D eigenvalue weighted by Gasteiger charge is -2.40. The molecule has 0 unspecified atom stereocenters. The molecule has 0 saturated heterocycles. The average Bonchev–Trinajstić information content (AvgIpc) is 2.20. The largest absolute Gasteiger partial charge is 0.416 e. The normalized spacial score (nSPS) is 16.4. The van der Waals surface area contributed by atoms with Gasteiger partial charge in [-0.05, 0) is 64.8 Å². The van der Waals surface area contributed by atoms with Crippen molar-refractivity contribution >= 4 is 34.2 Å². The zero-order valence-corrected chi connectivity index (χ0v) is 19.7. The first-order valence-corrected chi connectivity index (χ1v) is 19.2. The Balaban J connectivity index is 4.84. The summed E-state index contributed by atoms with van der Waals surface area (Å²) in [6.07, 6.45) is 0.887. The average molecular weight is 401 g/mol. The van der Waals surface area contributed by atoms with Crippen LogP contribution in [0.4, 0.5) is 0 Å². The maximum atomic E-state index is 10.2. The summed E-state index contributed by atoms with van der Waals surface area (Å²) >= 11 is 0. The monoisotopic (exact) mass is 400 g/mol. The minimum Gasteiger partial charge on any atom is -0.416 e. The van der Waals surface area contributed by atoms with Gasteiger partial charge in [0.25, 0.3) is 0 Å². The van der Waals surface area contributed by atoms with Crippen LogP contribution in [-0.2, 0) is 12.3 Å². The van der Waals surface area contributed by atoms with E-state index in [0.29, 0.717) is 6.54 Å². The SMILES string of the molecule is C[Si](C)(O)O[Si](C)(C)O[Si@@](C)(CCCNCCN)O[Si](C)(C)O. The van der Waals surface area contributed by atoms with E-state index in [2.05, 4.69) is 5.32 Å². The standard InChI is InChI=1S/C12H36N2O5Si4/c1-20(2,15)17-22(5,6)19-23(7,18-21(3,4)16)12-8-10-14-11-9-13/h14-16H,8-13H2,1-7H3/t23-/m0/s1. The van der Waals surface area contributed by atoms with Crippen LogP contribution in [-0.4, -0.2) is 63.5 Å². The van der Waals surface area contributed by atoms with Crippen LogP contribution >= 0.6 is 0 Å². The quantitative estimate of drug-likeness (QED) is 0.287. The molecule has 23 heavy (non-hydrogen) atoms. The van der Waals surface area contributed by atoms with Gasteiger partial charge in [-0.1, -0.05) is 0 Å². The van der Waals surface area contributed by atoms with E-state index in [-0.39, 0.29) is 0 Å². The second kappa shape index (κ2) is 9.33. The molecule has 140 valence electrons. The molecule has 5 N–H and O–H groups in total. The third kappa shape index (κ3) is 13.5. The molecule has 0 bridgehead atoms. The Morgan fingerprint density at radius 2 is 1.35 bits per heavy atom. The van der Waals surface area contributed by atoms with Crippen molar-refractivity contribution in [2.75, 3.05) is 19.6 Å². The molecular weight excluding hydrogens is 364 g/mol. The van der Waals surface area contributed by atoms with Crippen molar-refractivity contribution in [3.63, 3.8) is 0 Å². The van der Waals surface area contributed by atoms with E-state index in [4.69, 9.17) is 18.1 Å². The molecule has 0 aromatic heterocycles. The number of hydrogen-bond donors (Lipinski definition) is 4. The van der Waals surface area contributed by atoms with E-state index in [1.165, 1.54) is 0 Å². The first-order valence-electron chi connectivity index (χ1n) is 8.14. The van der Waals surface area contributed by atoms with Crippen LogP contribution in [0, 0.1) is 0 Å². The van der Waals surface area contributed by atoms with E-state index in [1.54, 1.807) is 26.2 Å². The third-order valence-corrected chi connectivity index (χ3v) is 15.4. The van der Waals surface area contributed by atoms with E-state index < -0.39 is 34.2 Å². The summed E-state index contributed by atoms with van der Waals surface area (Å²) in [5.74, 6) is 0. The zero-order valence-electron chi connectivity index (χ0n) is 15.7. The summed E-state index contributed by atoms with van der Waals surface area (Å²) < 4.78 is 18.2. The van der Waals surface area contributed by atoms with Crippen LogP contribution in [0.15, 0.2) is 0 Å². The molecule has 0 rings (SSSR count). The molecule has 0 amide bonds. The van der Waals surface area contributed by atoms with Gasteiger partial charge < -0.3 is 33.0 Å². The molecule has 0 spiro atoms. The highest BCUT2D eigenvalue weighted by Crippen LogP contribution is 2.26. The Kier molecular flexibility index (Phi) is 9.57. The van der Waals surface area contributed by atoms with Crippen LogP contribution in [0.25, 0.3) is 0 Å². The van der Waals surface area contributed by atoms with Crippen LogP contribution in [0.2, 0.25) is 51.9 Å². The number of nitrogens with two attached hydrogens (primary N) is 1. The molecular formula is C12H36N2O5Si4. The Bertz CT molecular complexity index is 349. The number of hydrogen-bond acceptors (Lipinski definition) is 7. The van der Waals surface area contributed by atoms with Gasteiger partial charge >= 0.3 is 34.2 Å². The van der Waals surface area contributed by atoms with Crippen molar-refractivity contribution in [2.45, 2.75) is 58.3 Å². The fourth-order valence-corrected chi connectivity index (χ4v) is 18.5. The first kappa shape index (κ1) is 23.6. The molecule has 0 aliphatic rings. The highest BCUT2D eigenvalue weighted by Gasteiger charge is 2.45. The summed E-state index contributed by atoms with van der Waals surface area (Å²) in [5, 5.41) is 3.25. The van der Waals surface area contributed by atoms with E-state index in [9.17, 15) is 9.59 Å². The Morgan fingerprint density at radius 3 is 1.78 bits per heavy atom. The summed E-state index contributed by atoms with van der Waals surface area (Å²) in [6, 6.07) is 0.759. The lowest BCUT2D eigenvalue weighted by Crippen LogP contribution is -2.58. The van der Waals surface area contributed by atoms with Crippen LogP contribution in [0.5, 0.6) is 0 Å². The van der Waals surface area contributed by atoms with Gasteiger partial charge in [0.05, 0.1) is 0 Å². The molecule has 0 saturated carbocycles. The van der Waals surface area contributed by atoms with Crippen LogP contribution in [0.3, 0.4) is 0 Å². The van der Waals surface area contributed by atoms with Gasteiger partial charge in [0.15, 0.2) is 0 Å². The molecule has 7 nitrogen and oxygen atoms in total. The van der Waals surface area contributed by atoms with Crippen molar-refractivity contribution in [3.8, 4) is 0 Å². The van der Waals surface area contributed by atoms with Gasteiger partial charge in [-0.15, -0.1) is 0 Å². The van der Waals surface area contributed by atoms with Gasteiger partial charge in [0.2, 0.25) is 0 Å². The highest BCUT2D eigenvalue weighted by atomic mass is 28.5. The first-order chi connectivity index (χ1) is 10.2. The fourth-order valence-electron chi connectivity index (χ4n) is 2.56. The lowest BCUT2D eigenvalue weighted by molar-refractivity contribution is 0.272. The Labute approximate surface area is 145 Å². The fraction of sp³-hybridized carbons (Fsp3) is 1.00. The van der Waals surface area contributed by atoms with Crippen molar-refractivity contribution in [1.82, 2.24) is 5.32 Å². The molecule has 1 atom stereocenters. The van der Waals surface area contributed by atoms with Crippen molar-refractivity contribution in [3.05, 3.63) is 0 Å². The molecule has 0 heterocycles. The second-order valence-corrected chi connectivity index (χ2v) is 21.2. The maximum Gasteiger partial charge on any atom is 0.320 e.